The van der Waals surface area contributed by atoms with Gasteiger partial charge in [0, 0.05) is 17.5 Å². The minimum absolute atomic E-state index is 0.766. The molecule has 1 aromatic rings. The maximum absolute atomic E-state index is 4.42. The first-order valence-corrected chi connectivity index (χ1v) is 7.07. The second-order valence-electron chi connectivity index (χ2n) is 5.02. The van der Waals surface area contributed by atoms with Gasteiger partial charge in [-0.15, -0.1) is 0 Å². The molecular formula is C15H19N5. The van der Waals surface area contributed by atoms with E-state index in [1.165, 1.54) is 5.70 Å². The zero-order valence-electron chi connectivity index (χ0n) is 11.7. The molecule has 0 fully saturated rings. The van der Waals surface area contributed by atoms with Crippen molar-refractivity contribution in [1.82, 2.24) is 20.5 Å². The van der Waals surface area contributed by atoms with Crippen molar-refractivity contribution < 1.29 is 0 Å². The first-order valence-electron chi connectivity index (χ1n) is 7.07. The van der Waals surface area contributed by atoms with Crippen LogP contribution in [0.25, 0.3) is 5.57 Å². The highest BCUT2D eigenvalue weighted by Gasteiger charge is 2.14. The minimum Gasteiger partial charge on any atom is -0.382 e. The lowest BCUT2D eigenvalue weighted by Crippen LogP contribution is -2.19. The van der Waals surface area contributed by atoms with E-state index in [0.717, 1.165) is 55.1 Å². The Hall–Kier alpha value is -2.17. The minimum atomic E-state index is 0.766. The highest BCUT2D eigenvalue weighted by Crippen LogP contribution is 2.23. The molecule has 0 amide bonds. The number of hydrogen-bond acceptors (Lipinski definition) is 4. The van der Waals surface area contributed by atoms with E-state index in [-0.39, 0.29) is 0 Å². The summed E-state index contributed by atoms with van der Waals surface area (Å²) >= 11 is 0. The summed E-state index contributed by atoms with van der Waals surface area (Å²) < 4.78 is 0. The second kappa shape index (κ2) is 5.86. The summed E-state index contributed by atoms with van der Waals surface area (Å²) in [6, 6.07) is 0. The van der Waals surface area contributed by atoms with Crippen molar-refractivity contribution in [1.29, 1.82) is 0 Å². The van der Waals surface area contributed by atoms with E-state index in [4.69, 9.17) is 0 Å². The molecule has 2 aliphatic rings. The van der Waals surface area contributed by atoms with E-state index < -0.39 is 0 Å². The van der Waals surface area contributed by atoms with Gasteiger partial charge in [0.05, 0.1) is 12.2 Å². The van der Waals surface area contributed by atoms with Gasteiger partial charge in [-0.1, -0.05) is 18.2 Å². The average Bonchev–Trinajstić information content (AvgIpc) is 2.93. The van der Waals surface area contributed by atoms with Crippen molar-refractivity contribution >= 4 is 11.8 Å². The fourth-order valence-electron chi connectivity index (χ4n) is 2.39. The maximum Gasteiger partial charge on any atom is 0.182 e. The van der Waals surface area contributed by atoms with Gasteiger partial charge in [-0.25, -0.2) is 4.98 Å². The predicted molar refractivity (Wildman–Crippen MR) is 80.2 cm³/mol. The SMILES string of the molecule is Cc1nc(C2=C(NCC3=CCCC=N3)CCC=C2)n[nH]1. The van der Waals surface area contributed by atoms with Crippen molar-refractivity contribution in [2.75, 3.05) is 6.54 Å². The van der Waals surface area contributed by atoms with E-state index in [1.54, 1.807) is 0 Å². The maximum atomic E-state index is 4.42. The molecular weight excluding hydrogens is 250 g/mol. The summed E-state index contributed by atoms with van der Waals surface area (Å²) in [6.07, 6.45) is 12.7. The first-order chi connectivity index (χ1) is 9.83. The normalized spacial score (nSPS) is 18.4. The number of nitrogens with zero attached hydrogens (tertiary/aromatic N) is 3. The zero-order chi connectivity index (χ0) is 13.8. The van der Waals surface area contributed by atoms with Gasteiger partial charge in [-0.3, -0.25) is 10.1 Å². The Labute approximate surface area is 118 Å². The summed E-state index contributed by atoms with van der Waals surface area (Å²) in [5.74, 6) is 1.60. The molecule has 5 heteroatoms. The summed E-state index contributed by atoms with van der Waals surface area (Å²) in [6.45, 7) is 2.69. The van der Waals surface area contributed by atoms with Gasteiger partial charge in [0.25, 0.3) is 0 Å². The molecule has 2 heterocycles. The van der Waals surface area contributed by atoms with Crippen molar-refractivity contribution in [2.24, 2.45) is 4.99 Å². The molecule has 1 aromatic heterocycles. The number of aryl methyl sites for hydroxylation is 1. The van der Waals surface area contributed by atoms with Crippen LogP contribution >= 0.6 is 0 Å². The third-order valence-electron chi connectivity index (χ3n) is 3.42. The molecule has 0 saturated heterocycles. The quantitative estimate of drug-likeness (QED) is 0.882. The van der Waals surface area contributed by atoms with E-state index in [1.807, 2.05) is 13.1 Å². The van der Waals surface area contributed by atoms with Crippen LogP contribution in [0.15, 0.2) is 34.6 Å². The largest absolute Gasteiger partial charge is 0.382 e. The number of rotatable bonds is 4. The van der Waals surface area contributed by atoms with Gasteiger partial charge < -0.3 is 5.32 Å². The van der Waals surface area contributed by atoms with Crippen LogP contribution in [0.5, 0.6) is 0 Å². The fraction of sp³-hybridized carbons (Fsp3) is 0.400. The van der Waals surface area contributed by atoms with Crippen LogP contribution in [0.1, 0.15) is 37.3 Å². The Morgan fingerprint density at radius 3 is 3.00 bits per heavy atom. The topological polar surface area (TPSA) is 66.0 Å². The summed E-state index contributed by atoms with van der Waals surface area (Å²) in [7, 11) is 0. The van der Waals surface area contributed by atoms with Crippen LogP contribution in [0, 0.1) is 6.92 Å². The number of aromatic amines is 1. The van der Waals surface area contributed by atoms with Crippen molar-refractivity contribution in [3.8, 4) is 0 Å². The monoisotopic (exact) mass is 269 g/mol. The molecule has 0 saturated carbocycles. The van der Waals surface area contributed by atoms with Crippen LogP contribution in [0.2, 0.25) is 0 Å². The molecule has 2 N–H and O–H groups in total. The lowest BCUT2D eigenvalue weighted by molar-refractivity contribution is 0.777. The van der Waals surface area contributed by atoms with Crippen molar-refractivity contribution in [2.45, 2.75) is 32.6 Å². The Morgan fingerprint density at radius 2 is 2.25 bits per heavy atom. The molecule has 1 aliphatic carbocycles. The number of allylic oxidation sites excluding steroid dienone is 5. The van der Waals surface area contributed by atoms with Crippen LogP contribution < -0.4 is 5.32 Å². The predicted octanol–water partition coefficient (Wildman–Crippen LogP) is 2.51. The Bertz CT molecular complexity index is 604. The highest BCUT2D eigenvalue weighted by molar-refractivity contribution is 5.73. The highest BCUT2D eigenvalue weighted by atomic mass is 15.2. The molecule has 20 heavy (non-hydrogen) atoms. The first kappa shape index (κ1) is 12.8. The van der Waals surface area contributed by atoms with E-state index in [0.29, 0.717) is 0 Å². The lowest BCUT2D eigenvalue weighted by Gasteiger charge is -2.17. The molecule has 5 nitrogen and oxygen atoms in total. The smallest absolute Gasteiger partial charge is 0.182 e. The van der Waals surface area contributed by atoms with Crippen LogP contribution in [-0.4, -0.2) is 27.9 Å². The molecule has 1 aliphatic heterocycles. The van der Waals surface area contributed by atoms with Crippen LogP contribution in [-0.2, 0) is 0 Å². The molecule has 3 rings (SSSR count). The third kappa shape index (κ3) is 2.87. The van der Waals surface area contributed by atoms with Crippen LogP contribution in [0.4, 0.5) is 0 Å². The molecule has 0 aromatic carbocycles. The second-order valence-corrected chi connectivity index (χ2v) is 5.02. The summed E-state index contributed by atoms with van der Waals surface area (Å²) in [5.41, 5.74) is 3.40. The number of aromatic nitrogens is 3. The van der Waals surface area contributed by atoms with Crippen LogP contribution in [0.3, 0.4) is 0 Å². The number of hydrogen-bond donors (Lipinski definition) is 2. The van der Waals surface area contributed by atoms with E-state index >= 15 is 0 Å². The molecule has 0 atom stereocenters. The van der Waals surface area contributed by atoms with Crippen molar-refractivity contribution in [3.05, 3.63) is 41.3 Å². The number of nitrogens with one attached hydrogen (secondary N) is 2. The number of H-pyrrole nitrogens is 1. The number of aliphatic imine (C=N–C) groups is 1. The molecule has 104 valence electrons. The Morgan fingerprint density at radius 1 is 1.30 bits per heavy atom. The lowest BCUT2D eigenvalue weighted by atomic mass is 10.0. The third-order valence-corrected chi connectivity index (χ3v) is 3.42. The average molecular weight is 269 g/mol. The summed E-state index contributed by atoms with van der Waals surface area (Å²) in [4.78, 5) is 8.83. The van der Waals surface area contributed by atoms with Gasteiger partial charge in [-0.2, -0.15) is 5.10 Å². The molecule has 0 unspecified atom stereocenters. The fourth-order valence-corrected chi connectivity index (χ4v) is 2.39. The molecule has 0 radical (unpaired) electrons. The zero-order valence-corrected chi connectivity index (χ0v) is 11.7. The molecule has 0 spiro atoms. The van der Waals surface area contributed by atoms with Gasteiger partial charge in [-0.05, 0) is 32.6 Å². The Balaban J connectivity index is 1.77. The van der Waals surface area contributed by atoms with Gasteiger partial charge >= 0.3 is 0 Å². The van der Waals surface area contributed by atoms with Gasteiger partial charge in [0.1, 0.15) is 5.82 Å². The van der Waals surface area contributed by atoms with Gasteiger partial charge in [0.2, 0.25) is 0 Å². The van der Waals surface area contributed by atoms with Crippen molar-refractivity contribution in [3.63, 3.8) is 0 Å². The standard InChI is InChI=1S/C15H19N5/c1-11-18-15(20-19-11)13-7-2-3-8-14(13)17-10-12-6-4-5-9-16-12/h2,6-7,9,17H,3-5,8,10H2,1H3,(H,18,19,20). The molecule has 0 bridgehead atoms. The Kier molecular flexibility index (Phi) is 3.76. The van der Waals surface area contributed by atoms with E-state index in [2.05, 4.69) is 43.7 Å². The summed E-state index contributed by atoms with van der Waals surface area (Å²) in [5, 5.41) is 10.7. The van der Waals surface area contributed by atoms with Gasteiger partial charge in [0.15, 0.2) is 5.82 Å². The van der Waals surface area contributed by atoms with E-state index in [9.17, 15) is 0 Å².